The molecule has 0 fully saturated rings. The fourth-order valence-electron chi connectivity index (χ4n) is 3.27. The number of aryl methyl sites for hydroxylation is 1. The number of benzene rings is 1. The maximum atomic E-state index is 12.9. The Morgan fingerprint density at radius 2 is 2.00 bits per heavy atom. The van der Waals surface area contributed by atoms with Crippen molar-refractivity contribution in [1.82, 2.24) is 19.3 Å². The molecular formula is C20H23N5O4. The van der Waals surface area contributed by atoms with Crippen molar-refractivity contribution in [3.05, 3.63) is 40.6 Å². The molecule has 1 aromatic carbocycles. The third kappa shape index (κ3) is 3.55. The van der Waals surface area contributed by atoms with Crippen LogP contribution in [-0.4, -0.2) is 32.0 Å². The lowest BCUT2D eigenvalue weighted by atomic mass is 10.1. The van der Waals surface area contributed by atoms with Gasteiger partial charge in [-0.25, -0.2) is 9.67 Å². The Labute approximate surface area is 167 Å². The molecule has 29 heavy (non-hydrogen) atoms. The monoisotopic (exact) mass is 397 g/mol. The van der Waals surface area contributed by atoms with Crippen molar-refractivity contribution < 1.29 is 14.3 Å². The van der Waals surface area contributed by atoms with Crippen molar-refractivity contribution in [3.63, 3.8) is 0 Å². The van der Waals surface area contributed by atoms with Crippen LogP contribution in [0.1, 0.15) is 33.0 Å². The van der Waals surface area contributed by atoms with E-state index in [1.165, 1.54) is 4.57 Å². The van der Waals surface area contributed by atoms with E-state index in [2.05, 4.69) is 15.4 Å². The Kier molecular flexibility index (Phi) is 4.52. The maximum Gasteiger partial charge on any atom is 0.264 e. The van der Waals surface area contributed by atoms with Gasteiger partial charge >= 0.3 is 0 Å². The van der Waals surface area contributed by atoms with Crippen molar-refractivity contribution >= 4 is 22.6 Å². The van der Waals surface area contributed by atoms with Crippen LogP contribution < -0.4 is 20.3 Å². The number of nitrogens with one attached hydrogen (secondary N) is 1. The number of rotatable bonds is 4. The van der Waals surface area contributed by atoms with E-state index in [1.54, 1.807) is 36.0 Å². The van der Waals surface area contributed by atoms with Gasteiger partial charge in [-0.3, -0.25) is 14.2 Å². The number of carbonyl (C=O) groups excluding carboxylic acids is 1. The molecule has 3 aromatic rings. The Bertz CT molecular complexity index is 1160. The summed E-state index contributed by atoms with van der Waals surface area (Å²) in [6.45, 7) is 8.17. The number of anilines is 1. The van der Waals surface area contributed by atoms with Gasteiger partial charge in [0.2, 0.25) is 12.7 Å². The van der Waals surface area contributed by atoms with Crippen LogP contribution in [0.4, 0.5) is 5.69 Å². The normalized spacial score (nSPS) is 13.1. The van der Waals surface area contributed by atoms with Gasteiger partial charge in [-0.2, -0.15) is 5.10 Å². The number of carbonyl (C=O) groups is 1. The second-order valence-corrected chi connectivity index (χ2v) is 7.95. The molecule has 0 aliphatic carbocycles. The largest absolute Gasteiger partial charge is 0.454 e. The summed E-state index contributed by atoms with van der Waals surface area (Å²) in [4.78, 5) is 29.8. The summed E-state index contributed by atoms with van der Waals surface area (Å²) >= 11 is 0. The Hall–Kier alpha value is -3.36. The predicted molar refractivity (Wildman–Crippen MR) is 107 cm³/mol. The van der Waals surface area contributed by atoms with E-state index in [9.17, 15) is 9.59 Å². The van der Waals surface area contributed by atoms with Crippen LogP contribution in [-0.2, 0) is 16.9 Å². The first-order chi connectivity index (χ1) is 13.7. The SMILES string of the molecule is Cc1nc2c(cnn2C(C)(C)C)c(=O)n1CCC(=O)Nc1ccc2c(c1)OCO2. The summed E-state index contributed by atoms with van der Waals surface area (Å²) in [5, 5.41) is 7.59. The minimum absolute atomic E-state index is 0.135. The number of hydrogen-bond donors (Lipinski definition) is 1. The van der Waals surface area contributed by atoms with Gasteiger partial charge in [-0.05, 0) is 39.8 Å². The number of ether oxygens (including phenoxy) is 2. The molecule has 0 spiro atoms. The van der Waals surface area contributed by atoms with E-state index >= 15 is 0 Å². The van der Waals surface area contributed by atoms with Gasteiger partial charge in [0, 0.05) is 24.7 Å². The number of fused-ring (bicyclic) bond motifs is 2. The van der Waals surface area contributed by atoms with Crippen molar-refractivity contribution in [3.8, 4) is 11.5 Å². The molecule has 0 unspecified atom stereocenters. The van der Waals surface area contributed by atoms with Crippen molar-refractivity contribution in [2.45, 2.75) is 46.2 Å². The summed E-state index contributed by atoms with van der Waals surface area (Å²) < 4.78 is 13.8. The molecule has 1 aliphatic rings. The van der Waals surface area contributed by atoms with Crippen LogP contribution in [0.15, 0.2) is 29.2 Å². The molecule has 152 valence electrons. The Balaban J connectivity index is 1.51. The minimum atomic E-state index is -0.287. The Morgan fingerprint density at radius 1 is 1.24 bits per heavy atom. The second kappa shape index (κ2) is 6.91. The van der Waals surface area contributed by atoms with Crippen molar-refractivity contribution in [1.29, 1.82) is 0 Å². The van der Waals surface area contributed by atoms with E-state index in [4.69, 9.17) is 9.47 Å². The van der Waals surface area contributed by atoms with Gasteiger partial charge < -0.3 is 14.8 Å². The molecule has 0 radical (unpaired) electrons. The second-order valence-electron chi connectivity index (χ2n) is 7.95. The van der Waals surface area contributed by atoms with Crippen LogP contribution in [0, 0.1) is 6.92 Å². The van der Waals surface area contributed by atoms with E-state index in [-0.39, 0.29) is 36.8 Å². The number of aromatic nitrogens is 4. The smallest absolute Gasteiger partial charge is 0.264 e. The highest BCUT2D eigenvalue weighted by Crippen LogP contribution is 2.34. The molecular weight excluding hydrogens is 374 g/mol. The van der Waals surface area contributed by atoms with Gasteiger partial charge in [-0.1, -0.05) is 0 Å². The first-order valence-corrected chi connectivity index (χ1v) is 9.39. The van der Waals surface area contributed by atoms with E-state index < -0.39 is 0 Å². The summed E-state index contributed by atoms with van der Waals surface area (Å²) in [7, 11) is 0. The molecule has 1 N–H and O–H groups in total. The standard InChI is InChI=1S/C20H23N5O4/c1-12-22-18-14(10-21-25(18)20(2,3)4)19(27)24(12)8-7-17(26)23-13-5-6-15-16(9-13)29-11-28-15/h5-6,9-10H,7-8,11H2,1-4H3,(H,23,26). The highest BCUT2D eigenvalue weighted by molar-refractivity contribution is 5.91. The topological polar surface area (TPSA) is 100 Å². The van der Waals surface area contributed by atoms with Gasteiger partial charge in [0.1, 0.15) is 11.2 Å². The molecule has 2 aromatic heterocycles. The van der Waals surface area contributed by atoms with E-state index in [1.807, 2.05) is 20.8 Å². The molecule has 4 rings (SSSR count). The number of nitrogens with zero attached hydrogens (tertiary/aromatic N) is 4. The first kappa shape index (κ1) is 19.0. The summed E-state index contributed by atoms with van der Waals surface area (Å²) in [6, 6.07) is 5.21. The lowest BCUT2D eigenvalue weighted by Gasteiger charge is -2.20. The van der Waals surface area contributed by atoms with Crippen LogP contribution in [0.5, 0.6) is 11.5 Å². The highest BCUT2D eigenvalue weighted by atomic mass is 16.7. The quantitative estimate of drug-likeness (QED) is 0.726. The molecule has 1 amide bonds. The van der Waals surface area contributed by atoms with Crippen LogP contribution in [0.2, 0.25) is 0 Å². The van der Waals surface area contributed by atoms with Gasteiger partial charge in [0.05, 0.1) is 11.7 Å². The van der Waals surface area contributed by atoms with Crippen LogP contribution in [0.25, 0.3) is 11.0 Å². The molecule has 9 heteroatoms. The molecule has 0 saturated carbocycles. The van der Waals surface area contributed by atoms with Crippen molar-refractivity contribution in [2.24, 2.45) is 0 Å². The molecule has 0 bridgehead atoms. The first-order valence-electron chi connectivity index (χ1n) is 9.39. The van der Waals surface area contributed by atoms with E-state index in [0.29, 0.717) is 34.0 Å². The zero-order chi connectivity index (χ0) is 20.8. The average molecular weight is 397 g/mol. The predicted octanol–water partition coefficient (Wildman–Crippen LogP) is 2.41. The van der Waals surface area contributed by atoms with Gasteiger partial charge in [0.15, 0.2) is 17.1 Å². The zero-order valence-corrected chi connectivity index (χ0v) is 16.9. The lowest BCUT2D eigenvalue weighted by Crippen LogP contribution is -2.28. The number of hydrogen-bond acceptors (Lipinski definition) is 6. The van der Waals surface area contributed by atoms with Gasteiger partial charge in [0.25, 0.3) is 5.56 Å². The highest BCUT2D eigenvalue weighted by Gasteiger charge is 2.21. The summed E-state index contributed by atoms with van der Waals surface area (Å²) in [5.74, 6) is 1.59. The fourth-order valence-corrected chi connectivity index (χ4v) is 3.27. The number of amides is 1. The fraction of sp³-hybridized carbons (Fsp3) is 0.400. The van der Waals surface area contributed by atoms with Crippen LogP contribution in [0.3, 0.4) is 0 Å². The minimum Gasteiger partial charge on any atom is -0.454 e. The van der Waals surface area contributed by atoms with Crippen LogP contribution >= 0.6 is 0 Å². The third-order valence-electron chi connectivity index (χ3n) is 4.73. The lowest BCUT2D eigenvalue weighted by molar-refractivity contribution is -0.116. The third-order valence-corrected chi connectivity index (χ3v) is 4.73. The van der Waals surface area contributed by atoms with E-state index in [0.717, 1.165) is 0 Å². The average Bonchev–Trinajstić information content (AvgIpc) is 3.27. The molecule has 0 saturated heterocycles. The van der Waals surface area contributed by atoms with Crippen molar-refractivity contribution in [2.75, 3.05) is 12.1 Å². The zero-order valence-electron chi connectivity index (χ0n) is 16.9. The molecule has 9 nitrogen and oxygen atoms in total. The summed E-state index contributed by atoms with van der Waals surface area (Å²) in [5.41, 5.74) is 0.688. The molecule has 1 aliphatic heterocycles. The Morgan fingerprint density at radius 3 is 2.76 bits per heavy atom. The maximum absolute atomic E-state index is 12.9. The molecule has 3 heterocycles. The van der Waals surface area contributed by atoms with Gasteiger partial charge in [-0.15, -0.1) is 0 Å². The molecule has 0 atom stereocenters. The summed E-state index contributed by atoms with van der Waals surface area (Å²) in [6.07, 6.45) is 1.67.